The molecule has 1 aromatic rings. The molecular formula is C18H27NO4. The molecule has 0 aromatic heterocycles. The van der Waals surface area contributed by atoms with Crippen LogP contribution in [-0.4, -0.2) is 38.1 Å². The van der Waals surface area contributed by atoms with E-state index >= 15 is 0 Å². The number of esters is 1. The van der Waals surface area contributed by atoms with Crippen molar-refractivity contribution in [2.24, 2.45) is 0 Å². The van der Waals surface area contributed by atoms with E-state index in [9.17, 15) is 9.59 Å². The van der Waals surface area contributed by atoms with E-state index in [-0.39, 0.29) is 18.2 Å². The van der Waals surface area contributed by atoms with Gasteiger partial charge in [-0.1, -0.05) is 26.8 Å². The summed E-state index contributed by atoms with van der Waals surface area (Å²) in [5.41, 5.74) is 1.55. The molecule has 0 bridgehead atoms. The summed E-state index contributed by atoms with van der Waals surface area (Å²) in [4.78, 5) is 24.6. The second-order valence-corrected chi connectivity index (χ2v) is 5.60. The molecule has 0 fully saturated rings. The summed E-state index contributed by atoms with van der Waals surface area (Å²) in [7, 11) is 1.54. The van der Waals surface area contributed by atoms with Gasteiger partial charge in [-0.05, 0) is 37.1 Å². The number of Topliss-reactive ketones (excluding diaryl/α,β-unsaturated/α-hetero) is 1. The monoisotopic (exact) mass is 321 g/mol. The molecule has 1 N–H and O–H groups in total. The molecule has 5 nitrogen and oxygen atoms in total. The Labute approximate surface area is 138 Å². The van der Waals surface area contributed by atoms with Crippen molar-refractivity contribution < 1.29 is 19.1 Å². The van der Waals surface area contributed by atoms with Gasteiger partial charge in [0.05, 0.1) is 31.7 Å². The van der Waals surface area contributed by atoms with Gasteiger partial charge in [0, 0.05) is 0 Å². The fourth-order valence-electron chi connectivity index (χ4n) is 2.36. The summed E-state index contributed by atoms with van der Waals surface area (Å²) in [5.74, 6) is 0.284. The van der Waals surface area contributed by atoms with Gasteiger partial charge in [0.15, 0.2) is 5.78 Å². The Bertz CT molecular complexity index is 540. The molecule has 0 aliphatic carbocycles. The van der Waals surface area contributed by atoms with Gasteiger partial charge in [0.1, 0.15) is 5.75 Å². The normalized spacial score (nSPS) is 12.1. The van der Waals surface area contributed by atoms with E-state index in [1.54, 1.807) is 13.0 Å². The van der Waals surface area contributed by atoms with Gasteiger partial charge in [-0.3, -0.25) is 9.59 Å². The highest BCUT2D eigenvalue weighted by Crippen LogP contribution is 2.26. The van der Waals surface area contributed by atoms with Gasteiger partial charge in [-0.25, -0.2) is 0 Å². The van der Waals surface area contributed by atoms with Crippen LogP contribution in [0.3, 0.4) is 0 Å². The molecule has 128 valence electrons. The Morgan fingerprint density at radius 3 is 2.43 bits per heavy atom. The molecule has 1 aromatic carbocycles. The lowest BCUT2D eigenvalue weighted by molar-refractivity contribution is -0.143. The van der Waals surface area contributed by atoms with Gasteiger partial charge in [-0.15, -0.1) is 0 Å². The highest BCUT2D eigenvalue weighted by molar-refractivity contribution is 6.04. The first-order valence-corrected chi connectivity index (χ1v) is 8.05. The first kappa shape index (κ1) is 19.2. The number of ether oxygens (including phenoxy) is 2. The number of methoxy groups -OCH3 is 1. The number of carbonyl (C=O) groups excluding carboxylic acids is 2. The van der Waals surface area contributed by atoms with E-state index < -0.39 is 6.04 Å². The zero-order valence-corrected chi connectivity index (χ0v) is 14.6. The van der Waals surface area contributed by atoms with Crippen LogP contribution < -0.4 is 10.1 Å². The quantitative estimate of drug-likeness (QED) is 0.559. The highest BCUT2D eigenvalue weighted by atomic mass is 16.5. The molecular weight excluding hydrogens is 294 g/mol. The predicted octanol–water partition coefficient (Wildman–Crippen LogP) is 2.93. The van der Waals surface area contributed by atoms with Crippen molar-refractivity contribution in [1.82, 2.24) is 5.32 Å². The maximum Gasteiger partial charge on any atom is 0.307 e. The van der Waals surface area contributed by atoms with Crippen molar-refractivity contribution >= 4 is 11.8 Å². The van der Waals surface area contributed by atoms with E-state index in [2.05, 4.69) is 19.2 Å². The molecule has 1 rings (SSSR count). The van der Waals surface area contributed by atoms with E-state index in [0.29, 0.717) is 30.4 Å². The average molecular weight is 321 g/mol. The molecule has 0 radical (unpaired) electrons. The Hall–Kier alpha value is -1.88. The van der Waals surface area contributed by atoms with Crippen LogP contribution in [0.1, 0.15) is 56.0 Å². The van der Waals surface area contributed by atoms with Gasteiger partial charge in [0.2, 0.25) is 0 Å². The molecule has 23 heavy (non-hydrogen) atoms. The first-order chi connectivity index (χ1) is 10.9. The molecule has 0 saturated carbocycles. The van der Waals surface area contributed by atoms with Gasteiger partial charge >= 0.3 is 5.97 Å². The SMILES string of the molecule is CCNC(CC(=O)OCC)C(=O)c1cc(C(C)C)ccc1OC. The molecule has 0 spiro atoms. The van der Waals surface area contributed by atoms with Crippen molar-refractivity contribution in [3.63, 3.8) is 0 Å². The van der Waals surface area contributed by atoms with Crippen LogP contribution in [0.2, 0.25) is 0 Å². The minimum atomic E-state index is -0.615. The van der Waals surface area contributed by atoms with Crippen molar-refractivity contribution in [3.05, 3.63) is 29.3 Å². The van der Waals surface area contributed by atoms with Crippen LogP contribution in [0.5, 0.6) is 5.75 Å². The Morgan fingerprint density at radius 1 is 1.22 bits per heavy atom. The summed E-state index contributed by atoms with van der Waals surface area (Å²) in [6, 6.07) is 4.99. The molecule has 0 saturated heterocycles. The minimum absolute atomic E-state index is 0.00950. The Kier molecular flexibility index (Phi) is 7.75. The molecule has 5 heteroatoms. The van der Waals surface area contributed by atoms with Gasteiger partial charge < -0.3 is 14.8 Å². The number of hydrogen-bond donors (Lipinski definition) is 1. The average Bonchev–Trinajstić information content (AvgIpc) is 2.53. The standard InChI is InChI=1S/C18H27NO4/c1-6-19-15(11-17(20)23-7-2)18(21)14-10-13(12(3)4)8-9-16(14)22-5/h8-10,12,15,19H,6-7,11H2,1-5H3. The number of ketones is 1. The lowest BCUT2D eigenvalue weighted by Crippen LogP contribution is -2.39. The molecule has 0 amide bonds. The van der Waals surface area contributed by atoms with E-state index in [0.717, 1.165) is 5.56 Å². The van der Waals surface area contributed by atoms with Gasteiger partial charge in [0.25, 0.3) is 0 Å². The van der Waals surface area contributed by atoms with Crippen molar-refractivity contribution in [1.29, 1.82) is 0 Å². The summed E-state index contributed by atoms with van der Waals surface area (Å²) < 4.78 is 10.3. The third-order valence-corrected chi connectivity index (χ3v) is 3.60. The molecule has 1 atom stereocenters. The number of nitrogens with one attached hydrogen (secondary N) is 1. The largest absolute Gasteiger partial charge is 0.496 e. The smallest absolute Gasteiger partial charge is 0.307 e. The van der Waals surface area contributed by atoms with Crippen LogP contribution in [0, 0.1) is 0 Å². The fraction of sp³-hybridized carbons (Fsp3) is 0.556. The summed E-state index contributed by atoms with van der Waals surface area (Å²) in [6.45, 7) is 8.66. The van der Waals surface area contributed by atoms with Crippen molar-refractivity contribution in [3.8, 4) is 5.75 Å². The molecule has 0 heterocycles. The maximum atomic E-state index is 12.9. The Balaban J connectivity index is 3.11. The maximum absolute atomic E-state index is 12.9. The third-order valence-electron chi connectivity index (χ3n) is 3.60. The van der Waals surface area contributed by atoms with Crippen LogP contribution in [0.4, 0.5) is 0 Å². The van der Waals surface area contributed by atoms with Crippen LogP contribution in [0.25, 0.3) is 0 Å². The highest BCUT2D eigenvalue weighted by Gasteiger charge is 2.26. The van der Waals surface area contributed by atoms with E-state index in [1.807, 2.05) is 19.1 Å². The first-order valence-electron chi connectivity index (χ1n) is 8.05. The topological polar surface area (TPSA) is 64.6 Å². The second kappa shape index (κ2) is 9.30. The molecule has 1 unspecified atom stereocenters. The third kappa shape index (κ3) is 5.36. The van der Waals surface area contributed by atoms with Crippen LogP contribution in [0.15, 0.2) is 18.2 Å². The van der Waals surface area contributed by atoms with Crippen molar-refractivity contribution in [2.45, 2.75) is 46.1 Å². The van der Waals surface area contributed by atoms with Gasteiger partial charge in [-0.2, -0.15) is 0 Å². The number of hydrogen-bond acceptors (Lipinski definition) is 5. The number of carbonyl (C=O) groups is 2. The second-order valence-electron chi connectivity index (χ2n) is 5.60. The number of benzene rings is 1. The zero-order valence-electron chi connectivity index (χ0n) is 14.6. The zero-order chi connectivity index (χ0) is 17.4. The molecule has 0 aliphatic heterocycles. The fourth-order valence-corrected chi connectivity index (χ4v) is 2.36. The Morgan fingerprint density at radius 2 is 1.91 bits per heavy atom. The summed E-state index contributed by atoms with van der Waals surface area (Å²) in [5, 5.41) is 3.06. The predicted molar refractivity (Wildman–Crippen MR) is 90.1 cm³/mol. The molecule has 0 aliphatic rings. The summed E-state index contributed by atoms with van der Waals surface area (Å²) >= 11 is 0. The number of rotatable bonds is 9. The van der Waals surface area contributed by atoms with Crippen LogP contribution in [-0.2, 0) is 9.53 Å². The lowest BCUT2D eigenvalue weighted by atomic mass is 9.95. The van der Waals surface area contributed by atoms with Crippen LogP contribution >= 0.6 is 0 Å². The number of likely N-dealkylation sites (N-methyl/N-ethyl adjacent to an activating group) is 1. The lowest BCUT2D eigenvalue weighted by Gasteiger charge is -2.18. The summed E-state index contributed by atoms with van der Waals surface area (Å²) in [6.07, 6.45) is 0.00950. The van der Waals surface area contributed by atoms with Crippen molar-refractivity contribution in [2.75, 3.05) is 20.3 Å². The minimum Gasteiger partial charge on any atom is -0.496 e. The van der Waals surface area contributed by atoms with E-state index in [1.165, 1.54) is 7.11 Å². The van der Waals surface area contributed by atoms with E-state index in [4.69, 9.17) is 9.47 Å².